The van der Waals surface area contributed by atoms with Crippen LogP contribution in [0.15, 0.2) is 0 Å². The van der Waals surface area contributed by atoms with Crippen molar-refractivity contribution in [3.63, 3.8) is 0 Å². The Hall–Kier alpha value is -0.770. The summed E-state index contributed by atoms with van der Waals surface area (Å²) in [6, 6.07) is 0.348. The van der Waals surface area contributed by atoms with Gasteiger partial charge in [-0.2, -0.15) is 0 Å². The van der Waals surface area contributed by atoms with Crippen molar-refractivity contribution in [2.45, 2.75) is 31.8 Å². The minimum Gasteiger partial charge on any atom is -0.465 e. The fourth-order valence-electron chi connectivity index (χ4n) is 1.40. The van der Waals surface area contributed by atoms with E-state index in [0.29, 0.717) is 0 Å². The first-order valence-electron chi connectivity index (χ1n) is 3.93. The molecule has 1 rings (SSSR count). The summed E-state index contributed by atoms with van der Waals surface area (Å²) in [5.74, 6) is 0. The van der Waals surface area contributed by atoms with Gasteiger partial charge in [0.1, 0.15) is 0 Å². The highest BCUT2D eigenvalue weighted by atomic mass is 16.4. The van der Waals surface area contributed by atoms with E-state index < -0.39 is 6.09 Å². The summed E-state index contributed by atoms with van der Waals surface area (Å²) >= 11 is 0. The summed E-state index contributed by atoms with van der Waals surface area (Å²) in [6.07, 6.45) is 1.07. The van der Waals surface area contributed by atoms with E-state index in [1.54, 1.807) is 0 Å². The van der Waals surface area contributed by atoms with Crippen LogP contribution in [0.3, 0.4) is 0 Å². The smallest absolute Gasteiger partial charge is 0.404 e. The molecule has 0 aliphatic carbocycles. The third-order valence-corrected chi connectivity index (χ3v) is 2.07. The highest BCUT2D eigenvalue weighted by Gasteiger charge is 2.21. The molecule has 2 atom stereocenters. The van der Waals surface area contributed by atoms with Gasteiger partial charge in [-0.3, -0.25) is 0 Å². The van der Waals surface area contributed by atoms with Crippen LogP contribution in [0, 0.1) is 0 Å². The summed E-state index contributed by atoms with van der Waals surface area (Å²) < 4.78 is 0. The van der Waals surface area contributed by atoms with E-state index in [1.807, 2.05) is 6.92 Å². The van der Waals surface area contributed by atoms with Crippen LogP contribution in [0.1, 0.15) is 19.8 Å². The maximum absolute atomic E-state index is 10.3. The molecule has 0 aromatic heterocycles. The number of carboxylic acid groups (broad SMARTS) is 1. The Morgan fingerprint density at radius 3 is 3.00 bits per heavy atom. The first kappa shape index (κ1) is 8.33. The molecule has 1 heterocycles. The molecule has 11 heavy (non-hydrogen) atoms. The minimum absolute atomic E-state index is 0.0845. The van der Waals surface area contributed by atoms with Crippen molar-refractivity contribution in [3.8, 4) is 0 Å². The summed E-state index contributed by atoms with van der Waals surface area (Å²) in [5.41, 5.74) is 0. The first-order chi connectivity index (χ1) is 5.20. The van der Waals surface area contributed by atoms with Gasteiger partial charge in [-0.15, -0.1) is 0 Å². The van der Waals surface area contributed by atoms with Crippen LogP contribution in [0.2, 0.25) is 0 Å². The van der Waals surface area contributed by atoms with Gasteiger partial charge in [0.25, 0.3) is 0 Å². The molecule has 64 valence electrons. The van der Waals surface area contributed by atoms with Crippen LogP contribution < -0.4 is 10.6 Å². The zero-order chi connectivity index (χ0) is 8.27. The molecule has 1 aliphatic rings. The second-order valence-corrected chi connectivity index (χ2v) is 2.94. The number of hydrogen-bond donors (Lipinski definition) is 3. The van der Waals surface area contributed by atoms with E-state index >= 15 is 0 Å². The van der Waals surface area contributed by atoms with E-state index in [0.717, 1.165) is 19.4 Å². The van der Waals surface area contributed by atoms with Gasteiger partial charge in [0.2, 0.25) is 0 Å². The molecule has 1 saturated heterocycles. The Morgan fingerprint density at radius 1 is 1.73 bits per heavy atom. The predicted octanol–water partition coefficient (Wildman–Crippen LogP) is 0.395. The summed E-state index contributed by atoms with van der Waals surface area (Å²) in [6.45, 7) is 3.00. The number of amides is 1. The minimum atomic E-state index is -0.925. The molecule has 0 saturated carbocycles. The molecular formula is C7H14N2O2. The first-order valence-corrected chi connectivity index (χ1v) is 3.93. The van der Waals surface area contributed by atoms with E-state index in [2.05, 4.69) is 10.6 Å². The molecular weight excluding hydrogens is 144 g/mol. The standard InChI is InChI=1S/C7H14N2O2/c1-5-6(9-7(10)11)3-2-4-8-5/h5-6,8-9H,2-4H2,1H3,(H,10,11)/t5?,6-/m0/s1. The second kappa shape index (κ2) is 3.57. The molecule has 1 unspecified atom stereocenters. The van der Waals surface area contributed by atoms with E-state index in [-0.39, 0.29) is 12.1 Å². The summed E-state index contributed by atoms with van der Waals surface area (Å²) in [7, 11) is 0. The Morgan fingerprint density at radius 2 is 2.45 bits per heavy atom. The average molecular weight is 158 g/mol. The lowest BCUT2D eigenvalue weighted by Gasteiger charge is -2.29. The monoisotopic (exact) mass is 158 g/mol. The van der Waals surface area contributed by atoms with Crippen LogP contribution >= 0.6 is 0 Å². The molecule has 3 N–H and O–H groups in total. The number of hydrogen-bond acceptors (Lipinski definition) is 2. The number of rotatable bonds is 1. The summed E-state index contributed by atoms with van der Waals surface area (Å²) in [5, 5.41) is 14.1. The quantitative estimate of drug-likeness (QED) is 0.517. The third kappa shape index (κ3) is 2.38. The van der Waals surface area contributed by atoms with E-state index in [9.17, 15) is 4.79 Å². The molecule has 4 nitrogen and oxygen atoms in total. The number of carbonyl (C=O) groups is 1. The Bertz CT molecular complexity index is 149. The lowest BCUT2D eigenvalue weighted by atomic mass is 10.0. The van der Waals surface area contributed by atoms with Gasteiger partial charge < -0.3 is 15.7 Å². The molecule has 0 radical (unpaired) electrons. The lowest BCUT2D eigenvalue weighted by Crippen LogP contribution is -2.51. The fourth-order valence-corrected chi connectivity index (χ4v) is 1.40. The molecule has 0 spiro atoms. The largest absolute Gasteiger partial charge is 0.465 e. The fraction of sp³-hybridized carbons (Fsp3) is 0.857. The average Bonchev–Trinajstić information content (AvgIpc) is 1.93. The van der Waals surface area contributed by atoms with Gasteiger partial charge in [0, 0.05) is 12.1 Å². The Kier molecular flexibility index (Phi) is 2.70. The maximum Gasteiger partial charge on any atom is 0.404 e. The Balaban J connectivity index is 2.35. The van der Waals surface area contributed by atoms with Crippen molar-refractivity contribution in [2.75, 3.05) is 6.54 Å². The van der Waals surface area contributed by atoms with E-state index in [4.69, 9.17) is 5.11 Å². The van der Waals surface area contributed by atoms with Crippen LogP contribution in [0.5, 0.6) is 0 Å². The molecule has 1 amide bonds. The predicted molar refractivity (Wildman–Crippen MR) is 41.6 cm³/mol. The zero-order valence-corrected chi connectivity index (χ0v) is 6.63. The van der Waals surface area contributed by atoms with Gasteiger partial charge in [-0.1, -0.05) is 0 Å². The molecule has 0 aromatic rings. The molecule has 0 aromatic carbocycles. The molecule has 1 aliphatic heterocycles. The van der Waals surface area contributed by atoms with Crippen LogP contribution in [0.25, 0.3) is 0 Å². The molecule has 1 fully saturated rings. The highest BCUT2D eigenvalue weighted by molar-refractivity contribution is 5.64. The van der Waals surface area contributed by atoms with Crippen molar-refractivity contribution in [1.82, 2.24) is 10.6 Å². The zero-order valence-electron chi connectivity index (χ0n) is 6.63. The number of nitrogens with one attached hydrogen (secondary N) is 2. The van der Waals surface area contributed by atoms with Crippen LogP contribution in [-0.2, 0) is 0 Å². The SMILES string of the molecule is CC1NCCC[C@@H]1NC(=O)O. The van der Waals surface area contributed by atoms with Crippen molar-refractivity contribution in [1.29, 1.82) is 0 Å². The van der Waals surface area contributed by atoms with Crippen molar-refractivity contribution >= 4 is 6.09 Å². The molecule has 4 heteroatoms. The molecule has 0 bridgehead atoms. The van der Waals surface area contributed by atoms with Gasteiger partial charge in [-0.25, -0.2) is 4.79 Å². The van der Waals surface area contributed by atoms with Crippen molar-refractivity contribution in [3.05, 3.63) is 0 Å². The van der Waals surface area contributed by atoms with Gasteiger partial charge in [0.05, 0.1) is 0 Å². The third-order valence-electron chi connectivity index (χ3n) is 2.07. The van der Waals surface area contributed by atoms with Gasteiger partial charge in [0.15, 0.2) is 0 Å². The Labute approximate surface area is 66.0 Å². The highest BCUT2D eigenvalue weighted by Crippen LogP contribution is 2.07. The maximum atomic E-state index is 10.3. The van der Waals surface area contributed by atoms with Gasteiger partial charge in [-0.05, 0) is 26.3 Å². The van der Waals surface area contributed by atoms with Crippen LogP contribution in [-0.4, -0.2) is 29.8 Å². The van der Waals surface area contributed by atoms with Crippen molar-refractivity contribution in [2.24, 2.45) is 0 Å². The second-order valence-electron chi connectivity index (χ2n) is 2.94. The topological polar surface area (TPSA) is 61.4 Å². The van der Waals surface area contributed by atoms with Crippen LogP contribution in [0.4, 0.5) is 4.79 Å². The van der Waals surface area contributed by atoms with Crippen molar-refractivity contribution < 1.29 is 9.90 Å². The van der Waals surface area contributed by atoms with Gasteiger partial charge >= 0.3 is 6.09 Å². The normalized spacial score (nSPS) is 31.4. The van der Waals surface area contributed by atoms with E-state index in [1.165, 1.54) is 0 Å². The lowest BCUT2D eigenvalue weighted by molar-refractivity contribution is 0.182. The number of piperidine rings is 1. The summed E-state index contributed by atoms with van der Waals surface area (Å²) in [4.78, 5) is 10.3.